The predicted octanol–water partition coefficient (Wildman–Crippen LogP) is 1.10. The summed E-state index contributed by atoms with van der Waals surface area (Å²) in [5, 5.41) is 54.1. The van der Waals surface area contributed by atoms with E-state index in [2.05, 4.69) is 9.98 Å². The normalized spacial score (nSPS) is 12.4. The predicted molar refractivity (Wildman–Crippen MR) is 117 cm³/mol. The Bertz CT molecular complexity index is 727. The molecule has 186 valence electrons. The van der Waals surface area contributed by atoms with E-state index in [-0.39, 0.29) is 84.1 Å². The molecule has 0 fully saturated rings. The minimum Gasteiger partial charge on any atom is -0.507 e. The minimum atomic E-state index is -0.311. The van der Waals surface area contributed by atoms with Gasteiger partial charge in [0.25, 0.3) is 0 Å². The first kappa shape index (κ1) is 32.4. The van der Waals surface area contributed by atoms with Crippen molar-refractivity contribution in [2.24, 2.45) is 9.98 Å². The van der Waals surface area contributed by atoms with Crippen LogP contribution in [0.3, 0.4) is 0 Å². The van der Waals surface area contributed by atoms with Gasteiger partial charge in [-0.3, -0.25) is 9.98 Å². The fourth-order valence-electron chi connectivity index (χ4n) is 2.29. The van der Waals surface area contributed by atoms with Crippen LogP contribution in [-0.4, -0.2) is 81.6 Å². The molecule has 2 radical (unpaired) electrons. The van der Waals surface area contributed by atoms with E-state index in [0.717, 1.165) is 0 Å². The topological polar surface area (TPSA) is 146 Å². The zero-order valence-electron chi connectivity index (χ0n) is 17.4. The molecule has 0 aromatic heterocycles. The van der Waals surface area contributed by atoms with Gasteiger partial charge in [0.1, 0.15) is 11.5 Å². The summed E-state index contributed by atoms with van der Waals surface area (Å²) in [5.41, 5.74) is 1.21. The van der Waals surface area contributed by atoms with Crippen molar-refractivity contribution in [1.29, 1.82) is 0 Å². The van der Waals surface area contributed by atoms with Crippen molar-refractivity contribution < 1.29 is 64.8 Å². The minimum absolute atomic E-state index is 0. The van der Waals surface area contributed by atoms with E-state index in [9.17, 15) is 10.2 Å². The molecule has 6 N–H and O–H groups in total. The van der Waals surface area contributed by atoms with Crippen molar-refractivity contribution in [3.05, 3.63) is 59.7 Å². The smallest absolute Gasteiger partial charge is 0.124 e. The number of rotatable bonds is 10. The standard InChI is InChI=1S/2C11H15NO3.2Cu/c2*13-6-5-10(8-14)12-7-9-3-1-2-4-11(9)15;;/h2*1-4,7,10,13-15H,5-6,8H2;;/t2*10-;;/m00../s1. The average Bonchev–Trinajstić information content (AvgIpc) is 2.76. The van der Waals surface area contributed by atoms with Gasteiger partial charge in [0.2, 0.25) is 0 Å². The third kappa shape index (κ3) is 13.0. The molecule has 0 aliphatic rings. The maximum absolute atomic E-state index is 9.42. The van der Waals surface area contributed by atoms with Gasteiger partial charge >= 0.3 is 0 Å². The van der Waals surface area contributed by atoms with Crippen LogP contribution in [0.25, 0.3) is 0 Å². The number of phenols is 2. The molecular weight excluding hydrogens is 515 g/mol. The number of nitrogens with zero attached hydrogens (tertiary/aromatic N) is 2. The number of para-hydroxylation sites is 2. The zero-order chi connectivity index (χ0) is 22.2. The van der Waals surface area contributed by atoms with Gasteiger partial charge in [0.05, 0.1) is 25.3 Å². The Morgan fingerprint density at radius 2 is 0.969 bits per heavy atom. The second-order valence-electron chi connectivity index (χ2n) is 6.37. The van der Waals surface area contributed by atoms with Gasteiger partial charge in [-0.1, -0.05) is 24.3 Å². The first-order chi connectivity index (χ1) is 14.5. The Kier molecular flexibility index (Phi) is 20.2. The number of aromatic hydroxyl groups is 2. The molecule has 0 amide bonds. The fraction of sp³-hybridized carbons (Fsp3) is 0.364. The molecule has 10 heteroatoms. The molecule has 0 spiro atoms. The van der Waals surface area contributed by atoms with E-state index in [1.165, 1.54) is 12.4 Å². The van der Waals surface area contributed by atoms with Gasteiger partial charge < -0.3 is 30.6 Å². The number of aliphatic hydroxyl groups is 4. The molecule has 0 aliphatic heterocycles. The largest absolute Gasteiger partial charge is 0.507 e. The monoisotopic (exact) mass is 544 g/mol. The van der Waals surface area contributed by atoms with Gasteiger partial charge in [0, 0.05) is 70.9 Å². The summed E-state index contributed by atoms with van der Waals surface area (Å²) in [5.74, 6) is 0.309. The molecule has 0 unspecified atom stereocenters. The van der Waals surface area contributed by atoms with Gasteiger partial charge in [-0.15, -0.1) is 0 Å². The molecule has 0 aliphatic carbocycles. The van der Waals surface area contributed by atoms with Crippen molar-refractivity contribution in [3.8, 4) is 11.5 Å². The van der Waals surface area contributed by atoms with Gasteiger partial charge in [-0.05, 0) is 37.1 Å². The molecule has 2 rings (SSSR count). The molecule has 2 atom stereocenters. The van der Waals surface area contributed by atoms with Crippen molar-refractivity contribution in [2.45, 2.75) is 24.9 Å². The van der Waals surface area contributed by atoms with Gasteiger partial charge in [0.15, 0.2) is 0 Å². The molecule has 0 heterocycles. The summed E-state index contributed by atoms with van der Waals surface area (Å²) in [6.45, 7) is -0.234. The Morgan fingerprint density at radius 3 is 1.25 bits per heavy atom. The van der Waals surface area contributed by atoms with Crippen LogP contribution in [0.5, 0.6) is 11.5 Å². The van der Waals surface area contributed by atoms with Crippen LogP contribution in [0.4, 0.5) is 0 Å². The van der Waals surface area contributed by atoms with E-state index in [4.69, 9.17) is 20.4 Å². The maximum Gasteiger partial charge on any atom is 0.124 e. The summed E-state index contributed by atoms with van der Waals surface area (Å²) in [6, 6.07) is 13.0. The number of aliphatic imine (C=N–C) groups is 2. The van der Waals surface area contributed by atoms with Crippen LogP contribution in [0.2, 0.25) is 0 Å². The number of phenolic OH excluding ortho intramolecular Hbond substituents is 2. The van der Waals surface area contributed by atoms with E-state index in [0.29, 0.717) is 24.0 Å². The van der Waals surface area contributed by atoms with E-state index in [1.807, 2.05) is 0 Å². The molecule has 2 aromatic carbocycles. The molecular formula is C22H30Cu2N2O6. The molecule has 8 nitrogen and oxygen atoms in total. The van der Waals surface area contributed by atoms with E-state index in [1.54, 1.807) is 48.5 Å². The Balaban J connectivity index is 0. The molecule has 0 saturated heterocycles. The summed E-state index contributed by atoms with van der Waals surface area (Å²) in [4.78, 5) is 8.14. The average molecular weight is 546 g/mol. The molecule has 2 aromatic rings. The summed E-state index contributed by atoms with van der Waals surface area (Å²) < 4.78 is 0. The SMILES string of the molecule is OCC[C@@H](CO)N=Cc1ccccc1O.OCC[C@@H](CO)N=Cc1ccccc1O.[Cu].[Cu]. The van der Waals surface area contributed by atoms with Gasteiger partial charge in [-0.2, -0.15) is 0 Å². The van der Waals surface area contributed by atoms with Crippen LogP contribution in [-0.2, 0) is 34.1 Å². The van der Waals surface area contributed by atoms with E-state index >= 15 is 0 Å². The number of hydrogen-bond acceptors (Lipinski definition) is 8. The maximum atomic E-state index is 9.42. The third-order valence-corrected chi connectivity index (χ3v) is 4.07. The van der Waals surface area contributed by atoms with Crippen LogP contribution in [0, 0.1) is 0 Å². The third-order valence-electron chi connectivity index (χ3n) is 4.07. The summed E-state index contributed by atoms with van der Waals surface area (Å²) >= 11 is 0. The van der Waals surface area contributed by atoms with Crippen LogP contribution >= 0.6 is 0 Å². The second kappa shape index (κ2) is 19.9. The molecule has 32 heavy (non-hydrogen) atoms. The second-order valence-corrected chi connectivity index (χ2v) is 6.37. The Hall–Kier alpha value is -1.74. The van der Waals surface area contributed by atoms with Crippen LogP contribution < -0.4 is 0 Å². The van der Waals surface area contributed by atoms with Gasteiger partial charge in [-0.25, -0.2) is 0 Å². The zero-order valence-corrected chi connectivity index (χ0v) is 19.2. The number of hydrogen-bond donors (Lipinski definition) is 6. The first-order valence-corrected chi connectivity index (χ1v) is 9.61. The summed E-state index contributed by atoms with van der Waals surface area (Å²) in [6.07, 6.45) is 3.85. The van der Waals surface area contributed by atoms with Crippen molar-refractivity contribution in [1.82, 2.24) is 0 Å². The number of benzene rings is 2. The van der Waals surface area contributed by atoms with Crippen molar-refractivity contribution in [3.63, 3.8) is 0 Å². The Labute approximate surface area is 209 Å². The Morgan fingerprint density at radius 1 is 0.625 bits per heavy atom. The first-order valence-electron chi connectivity index (χ1n) is 9.61. The van der Waals surface area contributed by atoms with Crippen LogP contribution in [0.1, 0.15) is 24.0 Å². The van der Waals surface area contributed by atoms with E-state index < -0.39 is 0 Å². The molecule has 0 saturated carbocycles. The fourth-order valence-corrected chi connectivity index (χ4v) is 2.29. The number of aliphatic hydroxyl groups excluding tert-OH is 4. The summed E-state index contributed by atoms with van der Waals surface area (Å²) in [7, 11) is 0. The van der Waals surface area contributed by atoms with Crippen molar-refractivity contribution in [2.75, 3.05) is 26.4 Å². The quantitative estimate of drug-likeness (QED) is 0.195. The van der Waals surface area contributed by atoms with Crippen molar-refractivity contribution >= 4 is 12.4 Å². The molecule has 0 bridgehead atoms. The van der Waals surface area contributed by atoms with Crippen LogP contribution in [0.15, 0.2) is 58.5 Å².